The summed E-state index contributed by atoms with van der Waals surface area (Å²) in [7, 11) is 0. The highest BCUT2D eigenvalue weighted by atomic mass is 16.2. The summed E-state index contributed by atoms with van der Waals surface area (Å²) in [6.07, 6.45) is 2.18. The first-order chi connectivity index (χ1) is 8.87. The molecule has 112 valence electrons. The normalized spacial score (nSPS) is 19.3. The van der Waals surface area contributed by atoms with Crippen LogP contribution in [0, 0.1) is 0 Å². The van der Waals surface area contributed by atoms with Crippen molar-refractivity contribution in [2.75, 3.05) is 32.7 Å². The highest BCUT2D eigenvalue weighted by Crippen LogP contribution is 2.12. The van der Waals surface area contributed by atoms with E-state index in [1.807, 2.05) is 25.7 Å². The third-order valence-corrected chi connectivity index (χ3v) is 3.57. The zero-order chi connectivity index (χ0) is 14.5. The molecule has 0 aromatic carbocycles. The maximum atomic E-state index is 12.1. The van der Waals surface area contributed by atoms with Crippen LogP contribution in [-0.2, 0) is 0 Å². The predicted octanol–water partition coefficient (Wildman–Crippen LogP) is 1.24. The van der Waals surface area contributed by atoms with E-state index in [0.29, 0.717) is 6.04 Å². The molecule has 19 heavy (non-hydrogen) atoms. The van der Waals surface area contributed by atoms with Gasteiger partial charge in [0.15, 0.2) is 0 Å². The van der Waals surface area contributed by atoms with Crippen LogP contribution in [0.15, 0.2) is 0 Å². The number of piperazine rings is 1. The zero-order valence-corrected chi connectivity index (χ0v) is 12.9. The van der Waals surface area contributed by atoms with E-state index in [9.17, 15) is 4.79 Å². The fourth-order valence-corrected chi connectivity index (χ4v) is 2.53. The summed E-state index contributed by atoms with van der Waals surface area (Å²) in [5.74, 6) is 0. The third kappa shape index (κ3) is 5.37. The van der Waals surface area contributed by atoms with Crippen molar-refractivity contribution in [1.29, 1.82) is 0 Å². The Balaban J connectivity index is 2.42. The van der Waals surface area contributed by atoms with Crippen LogP contribution in [0.1, 0.15) is 40.5 Å². The molecule has 1 rings (SSSR count). The van der Waals surface area contributed by atoms with E-state index in [2.05, 4.69) is 17.1 Å². The molecule has 1 aliphatic heterocycles. The Morgan fingerprint density at radius 1 is 1.26 bits per heavy atom. The molecule has 0 aromatic rings. The van der Waals surface area contributed by atoms with E-state index in [0.717, 1.165) is 45.6 Å². The van der Waals surface area contributed by atoms with Crippen molar-refractivity contribution in [2.24, 2.45) is 5.73 Å². The molecule has 1 saturated heterocycles. The van der Waals surface area contributed by atoms with Crippen LogP contribution in [-0.4, -0.2) is 60.1 Å². The highest BCUT2D eigenvalue weighted by molar-refractivity contribution is 5.75. The van der Waals surface area contributed by atoms with Gasteiger partial charge in [-0.05, 0) is 40.2 Å². The molecule has 0 aliphatic carbocycles. The molecule has 5 nitrogen and oxygen atoms in total. The van der Waals surface area contributed by atoms with Crippen LogP contribution in [0.5, 0.6) is 0 Å². The van der Waals surface area contributed by atoms with Gasteiger partial charge in [0.25, 0.3) is 0 Å². The molecule has 1 unspecified atom stereocenters. The third-order valence-electron chi connectivity index (χ3n) is 3.57. The van der Waals surface area contributed by atoms with Gasteiger partial charge in [0.05, 0.1) is 0 Å². The second kappa shape index (κ2) is 7.10. The molecule has 0 bridgehead atoms. The maximum Gasteiger partial charge on any atom is 0.317 e. The van der Waals surface area contributed by atoms with Gasteiger partial charge in [0.1, 0.15) is 0 Å². The standard InChI is InChI=1S/C14H30N4O/c1-5-12(6-7-15)17-8-10-18(11-9-17)13(19)16-14(2,3)4/h12H,5-11,15H2,1-4H3,(H,16,19). The Kier molecular flexibility index (Phi) is 6.07. The summed E-state index contributed by atoms with van der Waals surface area (Å²) in [4.78, 5) is 16.4. The zero-order valence-electron chi connectivity index (χ0n) is 12.9. The lowest BCUT2D eigenvalue weighted by molar-refractivity contribution is 0.100. The lowest BCUT2D eigenvalue weighted by Crippen LogP contribution is -2.56. The summed E-state index contributed by atoms with van der Waals surface area (Å²) in [5.41, 5.74) is 5.49. The van der Waals surface area contributed by atoms with Crippen LogP contribution >= 0.6 is 0 Å². The van der Waals surface area contributed by atoms with Crippen LogP contribution in [0.4, 0.5) is 4.79 Å². The van der Waals surface area contributed by atoms with Gasteiger partial charge in [-0.15, -0.1) is 0 Å². The molecular formula is C14H30N4O. The van der Waals surface area contributed by atoms with Gasteiger partial charge in [0.2, 0.25) is 0 Å². The van der Waals surface area contributed by atoms with Crippen molar-refractivity contribution in [2.45, 2.75) is 52.1 Å². The molecule has 2 amide bonds. The minimum Gasteiger partial charge on any atom is -0.333 e. The summed E-state index contributed by atoms with van der Waals surface area (Å²) in [6, 6.07) is 0.622. The molecule has 0 aromatic heterocycles. The Labute approximate surface area is 117 Å². The van der Waals surface area contributed by atoms with Crippen LogP contribution < -0.4 is 11.1 Å². The van der Waals surface area contributed by atoms with Crippen LogP contribution in [0.25, 0.3) is 0 Å². The number of amides is 2. The first-order valence-corrected chi connectivity index (χ1v) is 7.38. The van der Waals surface area contributed by atoms with Crippen molar-refractivity contribution in [3.63, 3.8) is 0 Å². The average Bonchev–Trinajstić information content (AvgIpc) is 2.34. The Morgan fingerprint density at radius 2 is 1.84 bits per heavy atom. The van der Waals surface area contributed by atoms with Gasteiger partial charge < -0.3 is 16.0 Å². The van der Waals surface area contributed by atoms with E-state index in [1.54, 1.807) is 0 Å². The number of rotatable bonds is 4. The van der Waals surface area contributed by atoms with Crippen molar-refractivity contribution in [3.8, 4) is 0 Å². The van der Waals surface area contributed by atoms with Crippen molar-refractivity contribution in [1.82, 2.24) is 15.1 Å². The Morgan fingerprint density at radius 3 is 2.26 bits per heavy atom. The second-order valence-corrected chi connectivity index (χ2v) is 6.34. The molecule has 1 heterocycles. The SMILES string of the molecule is CCC(CCN)N1CCN(C(=O)NC(C)(C)C)CC1. The van der Waals surface area contributed by atoms with E-state index in [-0.39, 0.29) is 11.6 Å². The number of carbonyl (C=O) groups is 1. The van der Waals surface area contributed by atoms with Crippen molar-refractivity contribution >= 4 is 6.03 Å². The smallest absolute Gasteiger partial charge is 0.317 e. The molecule has 0 saturated carbocycles. The summed E-state index contributed by atoms with van der Waals surface area (Å²) < 4.78 is 0. The topological polar surface area (TPSA) is 61.6 Å². The molecule has 1 atom stereocenters. The van der Waals surface area contributed by atoms with Crippen molar-refractivity contribution in [3.05, 3.63) is 0 Å². The summed E-state index contributed by atoms with van der Waals surface area (Å²) >= 11 is 0. The molecule has 1 aliphatic rings. The monoisotopic (exact) mass is 270 g/mol. The van der Waals surface area contributed by atoms with Gasteiger partial charge in [-0.3, -0.25) is 4.90 Å². The average molecular weight is 270 g/mol. The van der Waals surface area contributed by atoms with Crippen LogP contribution in [0.2, 0.25) is 0 Å². The molecule has 5 heteroatoms. The Hall–Kier alpha value is -0.810. The minimum absolute atomic E-state index is 0.0547. The van der Waals surface area contributed by atoms with E-state index in [4.69, 9.17) is 5.73 Å². The minimum atomic E-state index is -0.167. The van der Waals surface area contributed by atoms with Gasteiger partial charge >= 0.3 is 6.03 Å². The van der Waals surface area contributed by atoms with Crippen molar-refractivity contribution < 1.29 is 4.79 Å². The lowest BCUT2D eigenvalue weighted by Gasteiger charge is -2.39. The number of nitrogens with one attached hydrogen (secondary N) is 1. The first kappa shape index (κ1) is 16.2. The molecule has 3 N–H and O–H groups in total. The summed E-state index contributed by atoms with van der Waals surface area (Å²) in [6.45, 7) is 12.5. The second-order valence-electron chi connectivity index (χ2n) is 6.34. The number of carbonyl (C=O) groups excluding carboxylic acids is 1. The molecule has 1 fully saturated rings. The predicted molar refractivity (Wildman–Crippen MR) is 79.2 cm³/mol. The number of hydrogen-bond donors (Lipinski definition) is 2. The Bertz CT molecular complexity index is 280. The summed E-state index contributed by atoms with van der Waals surface area (Å²) in [5, 5.41) is 3.02. The van der Waals surface area contributed by atoms with Gasteiger partial charge in [-0.2, -0.15) is 0 Å². The molecule has 0 spiro atoms. The highest BCUT2D eigenvalue weighted by Gasteiger charge is 2.26. The van der Waals surface area contributed by atoms with Crippen LogP contribution in [0.3, 0.4) is 0 Å². The maximum absolute atomic E-state index is 12.1. The van der Waals surface area contributed by atoms with Gasteiger partial charge in [-0.25, -0.2) is 4.79 Å². The number of nitrogens with zero attached hydrogens (tertiary/aromatic N) is 2. The fourth-order valence-electron chi connectivity index (χ4n) is 2.53. The van der Waals surface area contributed by atoms with E-state index < -0.39 is 0 Å². The largest absolute Gasteiger partial charge is 0.333 e. The lowest BCUT2D eigenvalue weighted by atomic mass is 10.1. The van der Waals surface area contributed by atoms with Gasteiger partial charge in [0, 0.05) is 37.8 Å². The number of urea groups is 1. The molecule has 0 radical (unpaired) electrons. The quantitative estimate of drug-likeness (QED) is 0.808. The molecular weight excluding hydrogens is 240 g/mol. The van der Waals surface area contributed by atoms with Gasteiger partial charge in [-0.1, -0.05) is 6.92 Å². The van der Waals surface area contributed by atoms with E-state index >= 15 is 0 Å². The number of nitrogens with two attached hydrogens (primary N) is 1. The number of hydrogen-bond acceptors (Lipinski definition) is 3. The first-order valence-electron chi connectivity index (χ1n) is 7.38. The van der Waals surface area contributed by atoms with E-state index in [1.165, 1.54) is 0 Å². The fraction of sp³-hybridized carbons (Fsp3) is 0.929.